The van der Waals surface area contributed by atoms with Crippen LogP contribution in [-0.2, 0) is 11.3 Å². The van der Waals surface area contributed by atoms with Gasteiger partial charge in [0.25, 0.3) is 0 Å². The monoisotopic (exact) mass is 313 g/mol. The first-order valence-electron chi connectivity index (χ1n) is 7.27. The van der Waals surface area contributed by atoms with Gasteiger partial charge in [0.15, 0.2) is 0 Å². The minimum absolute atomic E-state index is 0.0935. The summed E-state index contributed by atoms with van der Waals surface area (Å²) < 4.78 is 1.94. The number of carbonyl (C=O) groups excluding carboxylic acids is 1. The molecule has 0 radical (unpaired) electrons. The fraction of sp³-hybridized carbons (Fsp3) is 0.294. The van der Waals surface area contributed by atoms with E-state index in [-0.39, 0.29) is 11.9 Å². The zero-order chi connectivity index (χ0) is 15.7. The highest BCUT2D eigenvalue weighted by Gasteiger charge is 2.21. The standard InChI is InChI=1S/C17H19N3OS/c1-12-8-9-22-16(12)10-19(3)17(21)13(2)20-11-18-14-6-4-5-7-15(14)20/h4-9,11,13H,10H2,1-3H3/t13-/m0/s1. The molecule has 2 heterocycles. The zero-order valence-electron chi connectivity index (χ0n) is 13.0. The van der Waals surface area contributed by atoms with Crippen molar-refractivity contribution in [3.8, 4) is 0 Å². The van der Waals surface area contributed by atoms with Gasteiger partial charge in [-0.05, 0) is 43.0 Å². The Balaban J connectivity index is 1.80. The molecule has 1 atom stereocenters. The number of imidazole rings is 1. The van der Waals surface area contributed by atoms with Gasteiger partial charge in [0.1, 0.15) is 6.04 Å². The van der Waals surface area contributed by atoms with Crippen LogP contribution < -0.4 is 0 Å². The van der Waals surface area contributed by atoms with E-state index in [9.17, 15) is 4.79 Å². The first-order chi connectivity index (χ1) is 10.6. The second-order valence-electron chi connectivity index (χ2n) is 5.54. The highest BCUT2D eigenvalue weighted by atomic mass is 32.1. The molecule has 0 saturated heterocycles. The highest BCUT2D eigenvalue weighted by Crippen LogP contribution is 2.21. The first kappa shape index (κ1) is 14.8. The molecule has 0 aliphatic heterocycles. The van der Waals surface area contributed by atoms with Gasteiger partial charge in [0, 0.05) is 11.9 Å². The number of aromatic nitrogens is 2. The number of benzene rings is 1. The maximum absolute atomic E-state index is 12.7. The number of hydrogen-bond acceptors (Lipinski definition) is 3. The molecule has 0 bridgehead atoms. The van der Waals surface area contributed by atoms with Gasteiger partial charge in [-0.25, -0.2) is 4.98 Å². The molecule has 1 aromatic carbocycles. The molecule has 0 N–H and O–H groups in total. The van der Waals surface area contributed by atoms with Gasteiger partial charge in [-0.1, -0.05) is 12.1 Å². The molecule has 0 saturated carbocycles. The maximum Gasteiger partial charge on any atom is 0.245 e. The number of amides is 1. The third-order valence-corrected chi connectivity index (χ3v) is 4.99. The van der Waals surface area contributed by atoms with E-state index in [0.29, 0.717) is 6.54 Å². The average Bonchev–Trinajstić information content (AvgIpc) is 3.12. The van der Waals surface area contributed by atoms with Crippen LogP contribution in [0, 0.1) is 6.92 Å². The van der Waals surface area contributed by atoms with Crippen LogP contribution in [0.15, 0.2) is 42.0 Å². The van der Waals surface area contributed by atoms with Crippen molar-refractivity contribution in [3.05, 3.63) is 52.5 Å². The Morgan fingerprint density at radius 1 is 1.36 bits per heavy atom. The maximum atomic E-state index is 12.7. The second-order valence-corrected chi connectivity index (χ2v) is 6.54. The van der Waals surface area contributed by atoms with E-state index in [1.54, 1.807) is 22.6 Å². The number of nitrogens with zero attached hydrogens (tertiary/aromatic N) is 3. The third kappa shape index (κ3) is 2.64. The first-order valence-corrected chi connectivity index (χ1v) is 8.15. The highest BCUT2D eigenvalue weighted by molar-refractivity contribution is 7.10. The predicted molar refractivity (Wildman–Crippen MR) is 90.0 cm³/mol. The average molecular weight is 313 g/mol. The molecule has 0 fully saturated rings. The van der Waals surface area contributed by atoms with E-state index in [0.717, 1.165) is 11.0 Å². The van der Waals surface area contributed by atoms with Crippen molar-refractivity contribution in [1.82, 2.24) is 14.5 Å². The molecular formula is C17H19N3OS. The minimum Gasteiger partial charge on any atom is -0.339 e. The Kier molecular flexibility index (Phi) is 3.98. The molecule has 3 rings (SSSR count). The molecule has 3 aromatic rings. The lowest BCUT2D eigenvalue weighted by atomic mass is 10.2. The summed E-state index contributed by atoms with van der Waals surface area (Å²) in [6.07, 6.45) is 1.75. The van der Waals surface area contributed by atoms with Crippen molar-refractivity contribution in [3.63, 3.8) is 0 Å². The fourth-order valence-corrected chi connectivity index (χ4v) is 3.54. The molecule has 2 aromatic heterocycles. The number of para-hydroxylation sites is 2. The smallest absolute Gasteiger partial charge is 0.245 e. The predicted octanol–water partition coefficient (Wildman–Crippen LogP) is 3.63. The van der Waals surface area contributed by atoms with Crippen molar-refractivity contribution >= 4 is 28.3 Å². The summed E-state index contributed by atoms with van der Waals surface area (Å²) in [6, 6.07) is 9.70. The van der Waals surface area contributed by atoms with Gasteiger partial charge in [0.05, 0.1) is 23.9 Å². The van der Waals surface area contributed by atoms with E-state index in [2.05, 4.69) is 23.4 Å². The van der Waals surface area contributed by atoms with Crippen LogP contribution in [0.2, 0.25) is 0 Å². The quantitative estimate of drug-likeness (QED) is 0.738. The largest absolute Gasteiger partial charge is 0.339 e. The van der Waals surface area contributed by atoms with Gasteiger partial charge in [-0.15, -0.1) is 11.3 Å². The Labute approximate surface area is 134 Å². The molecule has 1 amide bonds. The Morgan fingerprint density at radius 3 is 2.86 bits per heavy atom. The summed E-state index contributed by atoms with van der Waals surface area (Å²) in [5.74, 6) is 0.0935. The number of carbonyl (C=O) groups is 1. The second kappa shape index (κ2) is 5.93. The number of fused-ring (bicyclic) bond motifs is 1. The van der Waals surface area contributed by atoms with Crippen LogP contribution in [-0.4, -0.2) is 27.4 Å². The van der Waals surface area contributed by atoms with E-state index in [1.807, 2.05) is 42.8 Å². The van der Waals surface area contributed by atoms with Crippen molar-refractivity contribution < 1.29 is 4.79 Å². The lowest BCUT2D eigenvalue weighted by Crippen LogP contribution is -2.32. The summed E-state index contributed by atoms with van der Waals surface area (Å²) in [5, 5.41) is 2.07. The molecule has 0 aliphatic carbocycles. The molecule has 0 spiro atoms. The summed E-state index contributed by atoms with van der Waals surface area (Å²) in [7, 11) is 1.86. The van der Waals surface area contributed by atoms with Crippen molar-refractivity contribution in [2.75, 3.05) is 7.05 Å². The molecule has 4 nitrogen and oxygen atoms in total. The number of rotatable bonds is 4. The minimum atomic E-state index is -0.266. The van der Waals surface area contributed by atoms with Crippen molar-refractivity contribution in [2.45, 2.75) is 26.4 Å². The Bertz CT molecular complexity index is 805. The topological polar surface area (TPSA) is 38.1 Å². The van der Waals surface area contributed by atoms with E-state index >= 15 is 0 Å². The molecular weight excluding hydrogens is 294 g/mol. The van der Waals surface area contributed by atoms with Gasteiger partial charge in [0.2, 0.25) is 5.91 Å². The zero-order valence-corrected chi connectivity index (χ0v) is 13.8. The van der Waals surface area contributed by atoms with Crippen LogP contribution in [0.1, 0.15) is 23.4 Å². The van der Waals surface area contributed by atoms with Crippen molar-refractivity contribution in [2.24, 2.45) is 0 Å². The normalized spacial score (nSPS) is 12.5. The number of likely N-dealkylation sites (N-methyl/N-ethyl adjacent to an activating group) is 1. The number of hydrogen-bond donors (Lipinski definition) is 0. The molecule has 22 heavy (non-hydrogen) atoms. The van der Waals surface area contributed by atoms with Crippen LogP contribution in [0.25, 0.3) is 11.0 Å². The van der Waals surface area contributed by atoms with Crippen LogP contribution in [0.4, 0.5) is 0 Å². The van der Waals surface area contributed by atoms with Crippen LogP contribution in [0.5, 0.6) is 0 Å². The van der Waals surface area contributed by atoms with E-state index in [1.165, 1.54) is 10.4 Å². The molecule has 0 aliphatic rings. The summed E-state index contributed by atoms with van der Waals surface area (Å²) >= 11 is 1.69. The summed E-state index contributed by atoms with van der Waals surface area (Å²) in [4.78, 5) is 20.1. The fourth-order valence-electron chi connectivity index (χ4n) is 2.58. The van der Waals surface area contributed by atoms with Gasteiger partial charge in [-0.3, -0.25) is 4.79 Å². The Hall–Kier alpha value is -2.14. The van der Waals surface area contributed by atoms with Gasteiger partial charge >= 0.3 is 0 Å². The lowest BCUT2D eigenvalue weighted by Gasteiger charge is -2.22. The lowest BCUT2D eigenvalue weighted by molar-refractivity contribution is -0.133. The van der Waals surface area contributed by atoms with E-state index in [4.69, 9.17) is 0 Å². The van der Waals surface area contributed by atoms with Crippen molar-refractivity contribution in [1.29, 1.82) is 0 Å². The van der Waals surface area contributed by atoms with E-state index < -0.39 is 0 Å². The summed E-state index contributed by atoms with van der Waals surface area (Å²) in [5.41, 5.74) is 3.15. The molecule has 0 unspecified atom stereocenters. The SMILES string of the molecule is Cc1ccsc1CN(C)C(=O)[C@H](C)n1cnc2ccccc21. The van der Waals surface area contributed by atoms with Gasteiger partial charge in [-0.2, -0.15) is 0 Å². The summed E-state index contributed by atoms with van der Waals surface area (Å²) in [6.45, 7) is 4.66. The number of aryl methyl sites for hydroxylation is 1. The van der Waals surface area contributed by atoms with Gasteiger partial charge < -0.3 is 9.47 Å². The molecule has 114 valence electrons. The molecule has 5 heteroatoms. The third-order valence-electron chi connectivity index (χ3n) is 3.98. The number of thiophene rings is 1. The Morgan fingerprint density at radius 2 is 2.14 bits per heavy atom. The van der Waals surface area contributed by atoms with Crippen LogP contribution >= 0.6 is 11.3 Å². The van der Waals surface area contributed by atoms with Crippen LogP contribution in [0.3, 0.4) is 0 Å².